The number of piperazine rings is 1. The Morgan fingerprint density at radius 3 is 2.12 bits per heavy atom. The summed E-state index contributed by atoms with van der Waals surface area (Å²) in [5, 5.41) is 10.7. The van der Waals surface area contributed by atoms with Crippen LogP contribution in [0, 0.1) is 10.1 Å². The van der Waals surface area contributed by atoms with Crippen molar-refractivity contribution in [1.82, 2.24) is 4.90 Å². The Labute approximate surface area is 146 Å². The lowest BCUT2D eigenvalue weighted by Gasteiger charge is -2.36. The van der Waals surface area contributed by atoms with Gasteiger partial charge in [-0.05, 0) is 36.8 Å². The summed E-state index contributed by atoms with van der Waals surface area (Å²) in [5.74, 6) is 0.0828. The lowest BCUT2D eigenvalue weighted by Crippen LogP contribution is -2.45. The number of nitrogens with zero attached hydrogens (tertiary/aromatic N) is 3. The van der Waals surface area contributed by atoms with Crippen LogP contribution < -0.4 is 4.90 Å². The van der Waals surface area contributed by atoms with Gasteiger partial charge >= 0.3 is 0 Å². The summed E-state index contributed by atoms with van der Waals surface area (Å²) in [6.07, 6.45) is 0. The first-order chi connectivity index (χ1) is 12.0. The number of carbonyl (C=O) groups is 1. The number of hydrogen-bond donors (Lipinski definition) is 0. The first-order valence-electron chi connectivity index (χ1n) is 8.34. The van der Waals surface area contributed by atoms with Crippen LogP contribution in [0.15, 0.2) is 48.5 Å². The molecule has 0 aliphatic carbocycles. The lowest BCUT2D eigenvalue weighted by atomic mass is 10.1. The normalized spacial score (nSPS) is 15.2. The van der Waals surface area contributed by atoms with E-state index in [1.807, 2.05) is 36.4 Å². The van der Waals surface area contributed by atoms with Gasteiger partial charge in [0.25, 0.3) is 5.69 Å². The highest BCUT2D eigenvalue weighted by atomic mass is 16.6. The van der Waals surface area contributed by atoms with Gasteiger partial charge in [-0.1, -0.05) is 12.1 Å². The molecule has 0 amide bonds. The van der Waals surface area contributed by atoms with E-state index in [0.29, 0.717) is 0 Å². The molecule has 1 aliphatic rings. The van der Waals surface area contributed by atoms with Crippen LogP contribution in [0.5, 0.6) is 0 Å². The van der Waals surface area contributed by atoms with Crippen LogP contribution in [0.1, 0.15) is 22.8 Å². The molecule has 0 radical (unpaired) electrons. The van der Waals surface area contributed by atoms with Gasteiger partial charge in [0.2, 0.25) is 0 Å². The topological polar surface area (TPSA) is 66.7 Å². The molecule has 3 rings (SSSR count). The van der Waals surface area contributed by atoms with E-state index in [4.69, 9.17) is 0 Å². The van der Waals surface area contributed by atoms with Gasteiger partial charge in [-0.2, -0.15) is 0 Å². The van der Waals surface area contributed by atoms with Crippen LogP contribution in [0.3, 0.4) is 0 Å². The van der Waals surface area contributed by atoms with Gasteiger partial charge in [-0.3, -0.25) is 19.8 Å². The van der Waals surface area contributed by atoms with Crippen LogP contribution in [0.2, 0.25) is 0 Å². The van der Waals surface area contributed by atoms with Gasteiger partial charge in [0, 0.05) is 56.1 Å². The molecule has 0 N–H and O–H groups in total. The Bertz CT molecular complexity index is 748. The third-order valence-corrected chi connectivity index (χ3v) is 4.56. The highest BCUT2D eigenvalue weighted by Gasteiger charge is 2.17. The number of anilines is 1. The quantitative estimate of drug-likeness (QED) is 0.476. The van der Waals surface area contributed by atoms with E-state index >= 15 is 0 Å². The van der Waals surface area contributed by atoms with Gasteiger partial charge in [0.15, 0.2) is 5.78 Å². The number of non-ortho nitro benzene ring substituents is 1. The lowest BCUT2D eigenvalue weighted by molar-refractivity contribution is -0.384. The summed E-state index contributed by atoms with van der Waals surface area (Å²) < 4.78 is 0. The van der Waals surface area contributed by atoms with E-state index in [-0.39, 0.29) is 16.4 Å². The number of nitro groups is 1. The van der Waals surface area contributed by atoms with Gasteiger partial charge < -0.3 is 4.90 Å². The maximum absolute atomic E-state index is 11.4. The van der Waals surface area contributed by atoms with Crippen molar-refractivity contribution in [3.05, 3.63) is 69.8 Å². The molecule has 0 spiro atoms. The van der Waals surface area contributed by atoms with Crippen molar-refractivity contribution in [3.8, 4) is 0 Å². The molecule has 2 aromatic rings. The number of carbonyl (C=O) groups excluding carboxylic acids is 1. The number of Topliss-reactive ketones (excluding diaryl/α,β-unsaturated/α-hetero) is 1. The number of rotatable bonds is 5. The van der Waals surface area contributed by atoms with Crippen molar-refractivity contribution in [2.45, 2.75) is 13.5 Å². The molecule has 0 aromatic heterocycles. The molecule has 25 heavy (non-hydrogen) atoms. The molecule has 1 saturated heterocycles. The van der Waals surface area contributed by atoms with Crippen LogP contribution in [0.25, 0.3) is 0 Å². The average molecular weight is 339 g/mol. The Hall–Kier alpha value is -2.73. The average Bonchev–Trinajstić information content (AvgIpc) is 2.63. The van der Waals surface area contributed by atoms with Crippen LogP contribution >= 0.6 is 0 Å². The fourth-order valence-corrected chi connectivity index (χ4v) is 3.05. The van der Waals surface area contributed by atoms with Gasteiger partial charge in [0.05, 0.1) is 4.92 Å². The second-order valence-corrected chi connectivity index (χ2v) is 6.29. The standard InChI is InChI=1S/C19H21N3O3/c1-15(23)17-4-8-18(9-5-17)21-12-10-20(11-13-21)14-16-2-6-19(7-3-16)22(24)25/h2-9H,10-14H2,1H3. The predicted molar refractivity (Wildman–Crippen MR) is 97.0 cm³/mol. The molecule has 6 heteroatoms. The molecule has 6 nitrogen and oxygen atoms in total. The van der Waals surface area contributed by atoms with E-state index in [2.05, 4.69) is 9.80 Å². The van der Waals surface area contributed by atoms with Crippen LogP contribution in [-0.4, -0.2) is 41.8 Å². The molecular formula is C19H21N3O3. The number of hydrogen-bond acceptors (Lipinski definition) is 5. The zero-order valence-corrected chi connectivity index (χ0v) is 14.2. The molecule has 0 saturated carbocycles. The monoisotopic (exact) mass is 339 g/mol. The third kappa shape index (κ3) is 4.22. The largest absolute Gasteiger partial charge is 0.369 e. The smallest absolute Gasteiger partial charge is 0.269 e. The second-order valence-electron chi connectivity index (χ2n) is 6.29. The zero-order valence-electron chi connectivity index (χ0n) is 14.2. The van der Waals surface area contributed by atoms with Crippen molar-refractivity contribution in [3.63, 3.8) is 0 Å². The minimum Gasteiger partial charge on any atom is -0.369 e. The first kappa shape index (κ1) is 17.1. The van der Waals surface area contributed by atoms with Crippen molar-refractivity contribution in [2.75, 3.05) is 31.1 Å². The van der Waals surface area contributed by atoms with Crippen molar-refractivity contribution >= 4 is 17.2 Å². The molecule has 1 fully saturated rings. The highest BCUT2D eigenvalue weighted by Crippen LogP contribution is 2.19. The fraction of sp³-hybridized carbons (Fsp3) is 0.316. The fourth-order valence-electron chi connectivity index (χ4n) is 3.05. The second kappa shape index (κ2) is 7.44. The minimum atomic E-state index is -0.375. The van der Waals surface area contributed by atoms with Gasteiger partial charge in [-0.15, -0.1) is 0 Å². The van der Waals surface area contributed by atoms with Gasteiger partial charge in [-0.25, -0.2) is 0 Å². The maximum Gasteiger partial charge on any atom is 0.269 e. The van der Waals surface area contributed by atoms with E-state index in [9.17, 15) is 14.9 Å². The molecule has 1 heterocycles. The Morgan fingerprint density at radius 2 is 1.60 bits per heavy atom. The minimum absolute atomic E-state index is 0.0828. The SMILES string of the molecule is CC(=O)c1ccc(N2CCN(Cc3ccc([N+](=O)[O-])cc3)CC2)cc1. The molecule has 0 unspecified atom stereocenters. The molecule has 0 bridgehead atoms. The molecule has 0 atom stereocenters. The number of ketones is 1. The van der Waals surface area contributed by atoms with E-state index in [0.717, 1.165) is 49.5 Å². The van der Waals surface area contributed by atoms with Crippen LogP contribution in [0.4, 0.5) is 11.4 Å². The van der Waals surface area contributed by atoms with E-state index in [1.54, 1.807) is 19.1 Å². The summed E-state index contributed by atoms with van der Waals surface area (Å²) in [6.45, 7) is 6.09. The Balaban J connectivity index is 1.54. The summed E-state index contributed by atoms with van der Waals surface area (Å²) in [5.41, 5.74) is 3.09. The predicted octanol–water partition coefficient (Wildman–Crippen LogP) is 3.12. The summed E-state index contributed by atoms with van der Waals surface area (Å²) in [4.78, 5) is 26.3. The molecule has 1 aliphatic heterocycles. The Morgan fingerprint density at radius 1 is 1.00 bits per heavy atom. The van der Waals surface area contributed by atoms with Crippen LogP contribution in [-0.2, 0) is 6.54 Å². The van der Waals surface area contributed by atoms with Crippen molar-refractivity contribution in [1.29, 1.82) is 0 Å². The first-order valence-corrected chi connectivity index (χ1v) is 8.34. The van der Waals surface area contributed by atoms with E-state index in [1.165, 1.54) is 0 Å². The number of nitro benzene ring substituents is 1. The summed E-state index contributed by atoms with van der Waals surface area (Å²) >= 11 is 0. The molecule has 2 aromatic carbocycles. The maximum atomic E-state index is 11.4. The summed E-state index contributed by atoms with van der Waals surface area (Å²) in [6, 6.07) is 14.5. The number of benzene rings is 2. The van der Waals surface area contributed by atoms with Gasteiger partial charge in [0.1, 0.15) is 0 Å². The molecule has 130 valence electrons. The van der Waals surface area contributed by atoms with Crippen molar-refractivity contribution < 1.29 is 9.72 Å². The Kier molecular flexibility index (Phi) is 5.09. The highest BCUT2D eigenvalue weighted by molar-refractivity contribution is 5.94. The van der Waals surface area contributed by atoms with E-state index < -0.39 is 0 Å². The molecular weight excluding hydrogens is 318 g/mol. The van der Waals surface area contributed by atoms with Crippen molar-refractivity contribution in [2.24, 2.45) is 0 Å². The summed E-state index contributed by atoms with van der Waals surface area (Å²) in [7, 11) is 0. The third-order valence-electron chi connectivity index (χ3n) is 4.56. The zero-order chi connectivity index (χ0) is 17.8.